The van der Waals surface area contributed by atoms with E-state index < -0.39 is 11.9 Å². The number of carbonyl (C=O) groups is 5. The zero-order chi connectivity index (χ0) is 24.7. The number of rotatable bonds is 7. The van der Waals surface area contributed by atoms with Crippen LogP contribution in [0.25, 0.3) is 0 Å². The van der Waals surface area contributed by atoms with Crippen molar-refractivity contribution in [1.82, 2.24) is 20.0 Å². The Morgan fingerprint density at radius 2 is 1.74 bits per heavy atom. The van der Waals surface area contributed by atoms with E-state index in [0.717, 1.165) is 0 Å². The van der Waals surface area contributed by atoms with E-state index in [0.29, 0.717) is 57.1 Å². The summed E-state index contributed by atoms with van der Waals surface area (Å²) in [6.45, 7) is 6.23. The Labute approximate surface area is 198 Å². The molecule has 4 amide bonds. The van der Waals surface area contributed by atoms with Crippen LogP contribution in [0.5, 0.6) is 0 Å². The van der Waals surface area contributed by atoms with E-state index in [4.69, 9.17) is 4.74 Å². The van der Waals surface area contributed by atoms with Crippen LogP contribution in [0.4, 0.5) is 10.5 Å². The third-order valence-electron chi connectivity index (χ3n) is 5.86. The van der Waals surface area contributed by atoms with Crippen molar-refractivity contribution in [1.29, 1.82) is 0 Å². The molecule has 3 rings (SSSR count). The molecular formula is C23H31N5O6. The lowest BCUT2D eigenvalue weighted by Gasteiger charge is -2.38. The highest BCUT2D eigenvalue weighted by Crippen LogP contribution is 2.15. The molecule has 0 spiro atoms. The summed E-state index contributed by atoms with van der Waals surface area (Å²) in [5.41, 5.74) is 1.04. The number of ether oxygens (including phenoxy) is 1. The molecule has 0 unspecified atom stereocenters. The molecule has 2 N–H and O–H groups in total. The largest absolute Gasteiger partial charge is 0.450 e. The van der Waals surface area contributed by atoms with Gasteiger partial charge in [0.25, 0.3) is 0 Å². The molecule has 11 nitrogen and oxygen atoms in total. The predicted octanol–water partition coefficient (Wildman–Crippen LogP) is 0.319. The van der Waals surface area contributed by atoms with Gasteiger partial charge in [0.2, 0.25) is 17.7 Å². The Kier molecular flexibility index (Phi) is 8.58. The van der Waals surface area contributed by atoms with E-state index in [1.54, 1.807) is 36.1 Å². The van der Waals surface area contributed by atoms with Gasteiger partial charge in [-0.05, 0) is 38.1 Å². The first-order valence-corrected chi connectivity index (χ1v) is 11.4. The van der Waals surface area contributed by atoms with E-state index in [9.17, 15) is 24.0 Å². The third-order valence-corrected chi connectivity index (χ3v) is 5.86. The zero-order valence-corrected chi connectivity index (χ0v) is 19.5. The van der Waals surface area contributed by atoms with Crippen molar-refractivity contribution in [3.63, 3.8) is 0 Å². The highest BCUT2D eigenvalue weighted by molar-refractivity contribution is 5.98. The number of benzene rings is 1. The van der Waals surface area contributed by atoms with Gasteiger partial charge in [0, 0.05) is 50.5 Å². The first-order valence-electron chi connectivity index (χ1n) is 11.4. The maximum absolute atomic E-state index is 13.0. The minimum absolute atomic E-state index is 0.0757. The number of hydrogen-bond donors (Lipinski definition) is 2. The second-order valence-electron chi connectivity index (χ2n) is 8.24. The number of Topliss-reactive ketones (excluding diaryl/α,β-unsaturated/α-hetero) is 1. The molecule has 1 atom stereocenters. The van der Waals surface area contributed by atoms with E-state index in [-0.39, 0.29) is 36.7 Å². The fraction of sp³-hybridized carbons (Fsp3) is 0.522. The Balaban J connectivity index is 1.55. The standard InChI is InChI=1S/C23H31N5O6/c1-3-34-23(33)27-12-10-26(11-13-27)15-21(31)28-9-8-24-22(32)19(28)14-20(30)25-18-6-4-17(5-7-18)16(2)29/h4-7,19H,3,8-15H2,1-2H3,(H,24,32)(H,25,30)/t19-/m1/s1. The normalized spacial score (nSPS) is 18.8. The van der Waals surface area contributed by atoms with Crippen LogP contribution < -0.4 is 10.6 Å². The average molecular weight is 474 g/mol. The van der Waals surface area contributed by atoms with Crippen LogP contribution in [-0.4, -0.2) is 103 Å². The van der Waals surface area contributed by atoms with Crippen molar-refractivity contribution in [2.75, 3.05) is 57.7 Å². The summed E-state index contributed by atoms with van der Waals surface area (Å²) >= 11 is 0. The summed E-state index contributed by atoms with van der Waals surface area (Å²) in [5, 5.41) is 5.43. The molecule has 0 aliphatic carbocycles. The minimum Gasteiger partial charge on any atom is -0.450 e. The van der Waals surface area contributed by atoms with Crippen molar-refractivity contribution in [2.45, 2.75) is 26.3 Å². The summed E-state index contributed by atoms with van der Waals surface area (Å²) < 4.78 is 5.01. The SMILES string of the molecule is CCOC(=O)N1CCN(CC(=O)N2CCNC(=O)[C@H]2CC(=O)Nc2ccc(C(C)=O)cc2)CC1. The van der Waals surface area contributed by atoms with Crippen molar-refractivity contribution in [3.8, 4) is 0 Å². The zero-order valence-electron chi connectivity index (χ0n) is 19.5. The first-order chi connectivity index (χ1) is 16.3. The Morgan fingerprint density at radius 3 is 2.35 bits per heavy atom. The average Bonchev–Trinajstić information content (AvgIpc) is 2.81. The van der Waals surface area contributed by atoms with Crippen LogP contribution in [0, 0.1) is 0 Å². The van der Waals surface area contributed by atoms with Crippen LogP contribution in [0.3, 0.4) is 0 Å². The van der Waals surface area contributed by atoms with Crippen LogP contribution in [0.2, 0.25) is 0 Å². The molecule has 184 valence electrons. The molecule has 0 bridgehead atoms. The Morgan fingerprint density at radius 1 is 1.06 bits per heavy atom. The van der Waals surface area contributed by atoms with E-state index in [1.165, 1.54) is 11.8 Å². The Hall–Kier alpha value is -3.47. The molecule has 1 aromatic carbocycles. The molecule has 1 aromatic rings. The summed E-state index contributed by atoms with van der Waals surface area (Å²) in [7, 11) is 0. The van der Waals surface area contributed by atoms with Gasteiger partial charge in [-0.25, -0.2) is 4.79 Å². The number of anilines is 1. The molecule has 2 heterocycles. The van der Waals surface area contributed by atoms with Gasteiger partial charge in [0.1, 0.15) is 6.04 Å². The lowest BCUT2D eigenvalue weighted by Crippen LogP contribution is -2.60. The number of amides is 4. The molecule has 0 aromatic heterocycles. The van der Waals surface area contributed by atoms with Crippen molar-refractivity contribution < 1.29 is 28.7 Å². The summed E-state index contributed by atoms with van der Waals surface area (Å²) in [5.74, 6) is -1.08. The molecule has 0 saturated carbocycles. The van der Waals surface area contributed by atoms with Gasteiger partial charge in [0.15, 0.2) is 5.78 Å². The second kappa shape index (κ2) is 11.6. The summed E-state index contributed by atoms with van der Waals surface area (Å²) in [4.78, 5) is 66.3. The van der Waals surface area contributed by atoms with E-state index in [1.807, 2.05) is 4.90 Å². The van der Waals surface area contributed by atoms with Gasteiger partial charge in [-0.2, -0.15) is 0 Å². The monoisotopic (exact) mass is 473 g/mol. The number of piperazine rings is 2. The van der Waals surface area contributed by atoms with Gasteiger partial charge >= 0.3 is 6.09 Å². The molecule has 34 heavy (non-hydrogen) atoms. The maximum atomic E-state index is 13.0. The summed E-state index contributed by atoms with van der Waals surface area (Å²) in [6, 6.07) is 5.56. The molecular weight excluding hydrogens is 442 g/mol. The summed E-state index contributed by atoms with van der Waals surface area (Å²) in [6.07, 6.45) is -0.536. The van der Waals surface area contributed by atoms with Crippen LogP contribution in [0.15, 0.2) is 24.3 Å². The number of nitrogens with zero attached hydrogens (tertiary/aromatic N) is 3. The van der Waals surface area contributed by atoms with Gasteiger partial charge in [-0.15, -0.1) is 0 Å². The van der Waals surface area contributed by atoms with Crippen molar-refractivity contribution in [2.24, 2.45) is 0 Å². The Bertz CT molecular complexity index is 926. The van der Waals surface area contributed by atoms with Crippen LogP contribution >= 0.6 is 0 Å². The van der Waals surface area contributed by atoms with E-state index in [2.05, 4.69) is 10.6 Å². The molecule has 2 aliphatic heterocycles. The maximum Gasteiger partial charge on any atom is 0.409 e. The highest BCUT2D eigenvalue weighted by atomic mass is 16.6. The number of hydrogen-bond acceptors (Lipinski definition) is 7. The van der Waals surface area contributed by atoms with E-state index >= 15 is 0 Å². The highest BCUT2D eigenvalue weighted by Gasteiger charge is 2.35. The van der Waals surface area contributed by atoms with Gasteiger partial charge in [-0.3, -0.25) is 24.1 Å². The minimum atomic E-state index is -0.904. The number of nitrogens with one attached hydrogen (secondary N) is 2. The van der Waals surface area contributed by atoms with Gasteiger partial charge in [0.05, 0.1) is 19.6 Å². The van der Waals surface area contributed by atoms with Gasteiger partial charge < -0.3 is 25.2 Å². The molecule has 2 saturated heterocycles. The quantitative estimate of drug-likeness (QED) is 0.546. The first kappa shape index (κ1) is 25.2. The number of carbonyl (C=O) groups excluding carboxylic acids is 5. The van der Waals surface area contributed by atoms with Gasteiger partial charge in [-0.1, -0.05) is 0 Å². The van der Waals surface area contributed by atoms with Crippen LogP contribution in [-0.2, 0) is 19.1 Å². The fourth-order valence-corrected chi connectivity index (χ4v) is 3.98. The predicted molar refractivity (Wildman–Crippen MR) is 123 cm³/mol. The topological polar surface area (TPSA) is 128 Å². The fourth-order valence-electron chi connectivity index (χ4n) is 3.98. The lowest BCUT2D eigenvalue weighted by atomic mass is 10.1. The number of ketones is 1. The lowest BCUT2D eigenvalue weighted by molar-refractivity contribution is -0.145. The van der Waals surface area contributed by atoms with Crippen LogP contribution in [0.1, 0.15) is 30.6 Å². The van der Waals surface area contributed by atoms with Crippen molar-refractivity contribution >= 4 is 35.3 Å². The molecule has 2 fully saturated rings. The third kappa shape index (κ3) is 6.53. The molecule has 11 heteroatoms. The second-order valence-corrected chi connectivity index (χ2v) is 8.24. The molecule has 2 aliphatic rings. The molecule has 0 radical (unpaired) electrons. The smallest absolute Gasteiger partial charge is 0.409 e. The van der Waals surface area contributed by atoms with Crippen molar-refractivity contribution in [3.05, 3.63) is 29.8 Å².